The van der Waals surface area contributed by atoms with Crippen molar-refractivity contribution in [3.8, 4) is 5.75 Å². The Balaban J connectivity index is 0. The van der Waals surface area contributed by atoms with E-state index in [2.05, 4.69) is 10.3 Å². The van der Waals surface area contributed by atoms with Crippen molar-refractivity contribution in [2.45, 2.75) is 26.7 Å². The van der Waals surface area contributed by atoms with E-state index in [1.165, 1.54) is 0 Å². The van der Waals surface area contributed by atoms with Gasteiger partial charge in [-0.15, -0.1) is 24.8 Å². The maximum Gasteiger partial charge on any atom is 0.231 e. The molecule has 0 atom stereocenters. The Morgan fingerprint density at radius 1 is 1.40 bits per heavy atom. The maximum absolute atomic E-state index is 12.3. The van der Waals surface area contributed by atoms with E-state index in [1.807, 2.05) is 13.8 Å². The Hall–Kier alpha value is -1.04. The number of aromatic nitrogens is 1. The average Bonchev–Trinajstić information content (AvgIpc) is 2.42. The van der Waals surface area contributed by atoms with Crippen LogP contribution in [0.4, 0.5) is 5.69 Å². The van der Waals surface area contributed by atoms with Crippen LogP contribution in [-0.2, 0) is 4.79 Å². The van der Waals surface area contributed by atoms with Crippen molar-refractivity contribution < 1.29 is 9.53 Å². The second kappa shape index (κ2) is 9.80. The fourth-order valence-electron chi connectivity index (χ4n) is 1.86. The summed E-state index contributed by atoms with van der Waals surface area (Å²) in [5.74, 6) is 0.512. The molecule has 116 valence electrons. The number of nitrogens with two attached hydrogens (primary N) is 1. The zero-order chi connectivity index (χ0) is 13.6. The van der Waals surface area contributed by atoms with E-state index in [0.29, 0.717) is 30.8 Å². The van der Waals surface area contributed by atoms with Crippen molar-refractivity contribution >= 4 is 36.4 Å². The molecule has 1 amide bonds. The highest BCUT2D eigenvalue weighted by molar-refractivity contribution is 5.96. The van der Waals surface area contributed by atoms with E-state index in [0.717, 1.165) is 0 Å². The van der Waals surface area contributed by atoms with Gasteiger partial charge in [-0.3, -0.25) is 9.78 Å². The van der Waals surface area contributed by atoms with Gasteiger partial charge in [-0.05, 0) is 12.8 Å². The lowest BCUT2D eigenvalue weighted by atomic mass is 9.81. The smallest absolute Gasteiger partial charge is 0.231 e. The summed E-state index contributed by atoms with van der Waals surface area (Å²) in [6.07, 6.45) is 4.59. The summed E-state index contributed by atoms with van der Waals surface area (Å²) >= 11 is 0. The molecule has 0 fully saturated rings. The van der Waals surface area contributed by atoms with Crippen LogP contribution < -0.4 is 15.8 Å². The SMILES string of the molecule is CCC(CC)(CN)C(=O)Nc1cnccc1OC.Cl.Cl. The second-order valence-electron chi connectivity index (χ2n) is 4.22. The van der Waals surface area contributed by atoms with E-state index in [4.69, 9.17) is 10.5 Å². The quantitative estimate of drug-likeness (QED) is 0.843. The number of nitrogens with one attached hydrogen (secondary N) is 1. The van der Waals surface area contributed by atoms with E-state index >= 15 is 0 Å². The van der Waals surface area contributed by atoms with Crippen molar-refractivity contribution in [1.82, 2.24) is 4.98 Å². The molecule has 1 aromatic heterocycles. The normalized spacial score (nSPS) is 10.0. The first-order valence-electron chi connectivity index (χ1n) is 6.13. The van der Waals surface area contributed by atoms with Gasteiger partial charge in [-0.2, -0.15) is 0 Å². The number of amides is 1. The highest BCUT2D eigenvalue weighted by Crippen LogP contribution is 2.29. The molecule has 0 aliphatic carbocycles. The van der Waals surface area contributed by atoms with Gasteiger partial charge >= 0.3 is 0 Å². The minimum atomic E-state index is -0.527. The molecule has 3 N–H and O–H groups in total. The number of pyridine rings is 1. The van der Waals surface area contributed by atoms with Crippen LogP contribution >= 0.6 is 24.8 Å². The Morgan fingerprint density at radius 3 is 2.45 bits per heavy atom. The lowest BCUT2D eigenvalue weighted by Gasteiger charge is -2.28. The predicted octanol–water partition coefficient (Wildman–Crippen LogP) is 2.64. The molecule has 1 aromatic rings. The Morgan fingerprint density at radius 2 is 2.00 bits per heavy atom. The van der Waals surface area contributed by atoms with Gasteiger partial charge in [0.05, 0.1) is 18.7 Å². The van der Waals surface area contributed by atoms with E-state index in [-0.39, 0.29) is 30.7 Å². The monoisotopic (exact) mass is 323 g/mol. The zero-order valence-corrected chi connectivity index (χ0v) is 13.6. The highest BCUT2D eigenvalue weighted by atomic mass is 35.5. The molecule has 20 heavy (non-hydrogen) atoms. The summed E-state index contributed by atoms with van der Waals surface area (Å²) in [6, 6.07) is 1.71. The van der Waals surface area contributed by atoms with E-state index in [1.54, 1.807) is 25.6 Å². The number of ether oxygens (including phenoxy) is 1. The van der Waals surface area contributed by atoms with Crippen molar-refractivity contribution in [3.63, 3.8) is 0 Å². The first kappa shape index (κ1) is 21.3. The first-order chi connectivity index (χ1) is 8.63. The van der Waals surface area contributed by atoms with Crippen LogP contribution in [0.3, 0.4) is 0 Å². The topological polar surface area (TPSA) is 77.2 Å². The zero-order valence-electron chi connectivity index (χ0n) is 12.0. The highest BCUT2D eigenvalue weighted by Gasteiger charge is 2.33. The van der Waals surface area contributed by atoms with Gasteiger partial charge in [0, 0.05) is 18.8 Å². The number of hydrogen-bond donors (Lipinski definition) is 2. The van der Waals surface area contributed by atoms with Crippen molar-refractivity contribution in [3.05, 3.63) is 18.5 Å². The summed E-state index contributed by atoms with van der Waals surface area (Å²) in [6.45, 7) is 4.27. The number of rotatable bonds is 6. The molecular formula is C13H23Cl2N3O2. The number of carbonyl (C=O) groups excluding carboxylic acids is 1. The van der Waals surface area contributed by atoms with Gasteiger partial charge in [0.15, 0.2) is 0 Å². The van der Waals surface area contributed by atoms with Crippen molar-refractivity contribution in [2.75, 3.05) is 19.0 Å². The number of carbonyl (C=O) groups is 1. The summed E-state index contributed by atoms with van der Waals surface area (Å²) in [5.41, 5.74) is 5.79. The number of anilines is 1. The van der Waals surface area contributed by atoms with Gasteiger partial charge in [-0.25, -0.2) is 0 Å². The number of nitrogens with zero attached hydrogens (tertiary/aromatic N) is 1. The van der Waals surface area contributed by atoms with E-state index in [9.17, 15) is 4.79 Å². The van der Waals surface area contributed by atoms with Gasteiger partial charge < -0.3 is 15.8 Å². The molecule has 0 spiro atoms. The minimum Gasteiger partial charge on any atom is -0.494 e. The lowest BCUT2D eigenvalue weighted by molar-refractivity contribution is -0.125. The van der Waals surface area contributed by atoms with Crippen LogP contribution in [0.2, 0.25) is 0 Å². The Bertz CT molecular complexity index is 404. The molecule has 0 aliphatic heterocycles. The molecule has 0 radical (unpaired) electrons. The molecule has 0 unspecified atom stereocenters. The van der Waals surface area contributed by atoms with Crippen LogP contribution in [0.15, 0.2) is 18.5 Å². The lowest BCUT2D eigenvalue weighted by Crippen LogP contribution is -2.41. The second-order valence-corrected chi connectivity index (χ2v) is 4.22. The molecule has 0 saturated carbocycles. The minimum absolute atomic E-state index is 0. The van der Waals surface area contributed by atoms with Crippen LogP contribution in [0.25, 0.3) is 0 Å². The molecule has 1 heterocycles. The summed E-state index contributed by atoms with van der Waals surface area (Å²) in [4.78, 5) is 16.3. The average molecular weight is 324 g/mol. The van der Waals surface area contributed by atoms with Crippen molar-refractivity contribution in [2.24, 2.45) is 11.1 Å². The van der Waals surface area contributed by atoms with Crippen LogP contribution in [0.5, 0.6) is 5.75 Å². The number of methoxy groups -OCH3 is 1. The van der Waals surface area contributed by atoms with Crippen LogP contribution in [0, 0.1) is 5.41 Å². The molecule has 0 bridgehead atoms. The molecular weight excluding hydrogens is 301 g/mol. The van der Waals surface area contributed by atoms with Crippen molar-refractivity contribution in [1.29, 1.82) is 0 Å². The molecule has 5 nitrogen and oxygen atoms in total. The summed E-state index contributed by atoms with van der Waals surface area (Å²) < 4.78 is 5.17. The number of hydrogen-bond acceptors (Lipinski definition) is 4. The first-order valence-corrected chi connectivity index (χ1v) is 6.13. The largest absolute Gasteiger partial charge is 0.494 e. The van der Waals surface area contributed by atoms with Crippen LogP contribution in [0.1, 0.15) is 26.7 Å². The third kappa shape index (κ3) is 4.51. The Kier molecular flexibility index (Phi) is 10.4. The Labute approximate surface area is 132 Å². The molecule has 0 aromatic carbocycles. The summed E-state index contributed by atoms with van der Waals surface area (Å²) in [5, 5.41) is 2.85. The van der Waals surface area contributed by atoms with Gasteiger partial charge in [0.1, 0.15) is 11.4 Å². The molecule has 7 heteroatoms. The molecule has 1 rings (SSSR count). The fraction of sp³-hybridized carbons (Fsp3) is 0.538. The predicted molar refractivity (Wildman–Crippen MR) is 86.0 cm³/mol. The van der Waals surface area contributed by atoms with Gasteiger partial charge in [0.25, 0.3) is 0 Å². The van der Waals surface area contributed by atoms with Crippen LogP contribution in [-0.4, -0.2) is 24.5 Å². The van der Waals surface area contributed by atoms with Gasteiger partial charge in [0.2, 0.25) is 5.91 Å². The standard InChI is InChI=1S/C13H21N3O2.2ClH/c1-4-13(5-2,9-14)12(17)16-10-8-15-7-6-11(10)18-3;;/h6-8H,4-5,9,14H2,1-3H3,(H,16,17);2*1H. The molecule has 0 aliphatic rings. The van der Waals surface area contributed by atoms with Gasteiger partial charge in [-0.1, -0.05) is 13.8 Å². The third-order valence-electron chi connectivity index (χ3n) is 3.48. The number of halogens is 2. The van der Waals surface area contributed by atoms with E-state index < -0.39 is 5.41 Å². The summed E-state index contributed by atoms with van der Waals surface area (Å²) in [7, 11) is 1.56. The molecule has 0 saturated heterocycles. The fourth-order valence-corrected chi connectivity index (χ4v) is 1.86. The third-order valence-corrected chi connectivity index (χ3v) is 3.48. The maximum atomic E-state index is 12.3.